The molecule has 8 nitrogen and oxygen atoms in total. The predicted octanol–water partition coefficient (Wildman–Crippen LogP) is 4.56. The zero-order chi connectivity index (χ0) is 24.0. The summed E-state index contributed by atoms with van der Waals surface area (Å²) < 4.78 is 5.42. The molecule has 1 saturated heterocycles. The molecular weight excluding hydrogens is 440 g/mol. The van der Waals surface area contributed by atoms with Crippen molar-refractivity contribution in [3.8, 4) is 11.3 Å². The van der Waals surface area contributed by atoms with Gasteiger partial charge in [-0.05, 0) is 54.6 Å². The number of hydrogen-bond acceptors (Lipinski definition) is 7. The molecule has 176 valence electrons. The van der Waals surface area contributed by atoms with Crippen LogP contribution in [0.5, 0.6) is 0 Å². The molecule has 0 radical (unpaired) electrons. The summed E-state index contributed by atoms with van der Waals surface area (Å²) in [5.74, 6) is 0.281. The van der Waals surface area contributed by atoms with Crippen LogP contribution in [-0.4, -0.2) is 42.2 Å². The largest absolute Gasteiger partial charge is 0.397 e. The monoisotopic (exact) mass is 466 g/mol. The first-order valence-electron chi connectivity index (χ1n) is 11.4. The van der Waals surface area contributed by atoms with E-state index in [0.717, 1.165) is 43.2 Å². The molecule has 4 N–H and O–H groups in total. The molecule has 1 aromatic heterocycles. The van der Waals surface area contributed by atoms with Gasteiger partial charge in [-0.15, -0.1) is 0 Å². The van der Waals surface area contributed by atoms with Crippen LogP contribution in [0.2, 0.25) is 0 Å². The first-order valence-corrected chi connectivity index (χ1v) is 11.4. The lowest BCUT2D eigenvalue weighted by Crippen LogP contribution is -2.36. The molecule has 4 aromatic rings. The van der Waals surface area contributed by atoms with E-state index in [1.807, 2.05) is 42.5 Å². The standard InChI is InChI=1S/C27H26N6O2/c28-23-3-1-2-4-25(23)31-26(34)20-7-5-19(6-8-20)24-13-14-29-27(32-24)30-21-9-11-22(12-10-21)33-15-17-35-18-16-33/h1-14H,15-18,28H2,(H,31,34)(H,29,30,32). The van der Waals surface area contributed by atoms with E-state index in [-0.39, 0.29) is 5.91 Å². The van der Waals surface area contributed by atoms with Crippen molar-refractivity contribution in [3.63, 3.8) is 0 Å². The lowest BCUT2D eigenvalue weighted by molar-refractivity contribution is 0.102. The number of benzene rings is 3. The van der Waals surface area contributed by atoms with Crippen molar-refractivity contribution in [2.45, 2.75) is 0 Å². The highest BCUT2D eigenvalue weighted by Gasteiger charge is 2.12. The highest BCUT2D eigenvalue weighted by atomic mass is 16.5. The second-order valence-electron chi connectivity index (χ2n) is 8.16. The highest BCUT2D eigenvalue weighted by Crippen LogP contribution is 2.23. The van der Waals surface area contributed by atoms with Gasteiger partial charge in [-0.25, -0.2) is 9.97 Å². The zero-order valence-electron chi connectivity index (χ0n) is 19.1. The van der Waals surface area contributed by atoms with Gasteiger partial charge in [0.25, 0.3) is 5.91 Å². The molecule has 0 aliphatic carbocycles. The number of hydrogen-bond donors (Lipinski definition) is 3. The number of nitrogen functional groups attached to an aromatic ring is 1. The third kappa shape index (κ3) is 5.39. The molecule has 35 heavy (non-hydrogen) atoms. The van der Waals surface area contributed by atoms with Gasteiger partial charge in [0.1, 0.15) is 0 Å². The third-order valence-corrected chi connectivity index (χ3v) is 5.81. The summed E-state index contributed by atoms with van der Waals surface area (Å²) in [5, 5.41) is 6.10. The molecule has 0 bridgehead atoms. The minimum absolute atomic E-state index is 0.222. The van der Waals surface area contributed by atoms with E-state index in [9.17, 15) is 4.79 Å². The van der Waals surface area contributed by atoms with Crippen LogP contribution < -0.4 is 21.3 Å². The lowest BCUT2D eigenvalue weighted by Gasteiger charge is -2.28. The Morgan fingerprint density at radius 3 is 2.40 bits per heavy atom. The number of carbonyl (C=O) groups is 1. The average Bonchev–Trinajstić information content (AvgIpc) is 2.91. The molecule has 3 aromatic carbocycles. The Balaban J connectivity index is 1.25. The number of morpholine rings is 1. The maximum absolute atomic E-state index is 12.6. The zero-order valence-corrected chi connectivity index (χ0v) is 19.1. The van der Waals surface area contributed by atoms with Crippen molar-refractivity contribution in [1.82, 2.24) is 9.97 Å². The van der Waals surface area contributed by atoms with Gasteiger partial charge in [0.05, 0.1) is 30.3 Å². The molecule has 0 unspecified atom stereocenters. The molecule has 1 amide bonds. The van der Waals surface area contributed by atoms with E-state index in [4.69, 9.17) is 10.5 Å². The number of nitrogens with two attached hydrogens (primary N) is 1. The lowest BCUT2D eigenvalue weighted by atomic mass is 10.1. The predicted molar refractivity (Wildman–Crippen MR) is 139 cm³/mol. The minimum atomic E-state index is -0.222. The molecule has 0 saturated carbocycles. The van der Waals surface area contributed by atoms with Gasteiger partial charge in [0.15, 0.2) is 0 Å². The number of rotatable bonds is 6. The second-order valence-corrected chi connectivity index (χ2v) is 8.16. The van der Waals surface area contributed by atoms with Crippen molar-refractivity contribution in [2.24, 2.45) is 0 Å². The summed E-state index contributed by atoms with van der Waals surface area (Å²) in [7, 11) is 0. The van der Waals surface area contributed by atoms with Gasteiger partial charge in [-0.1, -0.05) is 24.3 Å². The van der Waals surface area contributed by atoms with Gasteiger partial charge in [-0.2, -0.15) is 0 Å². The first-order chi connectivity index (χ1) is 17.2. The van der Waals surface area contributed by atoms with Crippen molar-refractivity contribution in [3.05, 3.63) is 90.6 Å². The van der Waals surface area contributed by atoms with E-state index >= 15 is 0 Å². The molecule has 1 aliphatic heterocycles. The van der Waals surface area contributed by atoms with Crippen LogP contribution in [0.15, 0.2) is 85.1 Å². The fourth-order valence-corrected chi connectivity index (χ4v) is 3.88. The fourth-order valence-electron chi connectivity index (χ4n) is 3.88. The van der Waals surface area contributed by atoms with Crippen molar-refractivity contribution >= 4 is 34.6 Å². The van der Waals surface area contributed by atoms with E-state index in [0.29, 0.717) is 22.9 Å². The Morgan fingerprint density at radius 2 is 1.66 bits per heavy atom. The number of ether oxygens (including phenoxy) is 1. The van der Waals surface area contributed by atoms with Gasteiger partial charge in [0, 0.05) is 41.8 Å². The van der Waals surface area contributed by atoms with E-state index in [1.54, 1.807) is 30.5 Å². The summed E-state index contributed by atoms with van der Waals surface area (Å²) in [6.45, 7) is 3.32. The van der Waals surface area contributed by atoms with Crippen molar-refractivity contribution in [2.75, 3.05) is 47.6 Å². The minimum Gasteiger partial charge on any atom is -0.397 e. The number of carbonyl (C=O) groups excluding carboxylic acids is 1. The normalized spacial score (nSPS) is 13.3. The summed E-state index contributed by atoms with van der Waals surface area (Å²) >= 11 is 0. The van der Waals surface area contributed by atoms with Crippen LogP contribution in [0.3, 0.4) is 0 Å². The first kappa shape index (κ1) is 22.4. The molecule has 2 heterocycles. The van der Waals surface area contributed by atoms with Crippen LogP contribution >= 0.6 is 0 Å². The quantitative estimate of drug-likeness (QED) is 0.358. The molecule has 5 rings (SSSR count). The Morgan fingerprint density at radius 1 is 0.914 bits per heavy atom. The Hall–Kier alpha value is -4.43. The Bertz CT molecular complexity index is 1300. The average molecular weight is 467 g/mol. The summed E-state index contributed by atoms with van der Waals surface area (Å²) in [5.41, 5.74) is 11.3. The molecule has 1 fully saturated rings. The Labute approximate surface area is 203 Å². The fraction of sp³-hybridized carbons (Fsp3) is 0.148. The van der Waals surface area contributed by atoms with E-state index in [2.05, 4.69) is 37.6 Å². The molecule has 0 spiro atoms. The number of nitrogens with one attached hydrogen (secondary N) is 2. The highest BCUT2D eigenvalue weighted by molar-refractivity contribution is 6.05. The van der Waals surface area contributed by atoms with Crippen LogP contribution in [0.25, 0.3) is 11.3 Å². The van der Waals surface area contributed by atoms with Crippen LogP contribution in [0, 0.1) is 0 Å². The number of amides is 1. The number of aromatic nitrogens is 2. The molecular formula is C27H26N6O2. The van der Waals surface area contributed by atoms with Gasteiger partial charge >= 0.3 is 0 Å². The molecule has 1 aliphatic rings. The van der Waals surface area contributed by atoms with E-state index < -0.39 is 0 Å². The van der Waals surface area contributed by atoms with E-state index in [1.165, 1.54) is 5.69 Å². The number of para-hydroxylation sites is 2. The summed E-state index contributed by atoms with van der Waals surface area (Å²) in [6, 6.07) is 24.5. The van der Waals surface area contributed by atoms with Crippen LogP contribution in [0.4, 0.5) is 28.7 Å². The van der Waals surface area contributed by atoms with Crippen molar-refractivity contribution < 1.29 is 9.53 Å². The second kappa shape index (κ2) is 10.2. The summed E-state index contributed by atoms with van der Waals surface area (Å²) in [4.78, 5) is 23.9. The molecule has 0 atom stereocenters. The number of anilines is 5. The smallest absolute Gasteiger partial charge is 0.255 e. The van der Waals surface area contributed by atoms with Gasteiger partial charge < -0.3 is 26.0 Å². The topological polar surface area (TPSA) is 105 Å². The van der Waals surface area contributed by atoms with Gasteiger partial charge in [-0.3, -0.25) is 4.79 Å². The van der Waals surface area contributed by atoms with Crippen molar-refractivity contribution in [1.29, 1.82) is 0 Å². The number of nitrogens with zero attached hydrogens (tertiary/aromatic N) is 3. The van der Waals surface area contributed by atoms with Gasteiger partial charge in [0.2, 0.25) is 5.95 Å². The van der Waals surface area contributed by atoms with Crippen LogP contribution in [0.1, 0.15) is 10.4 Å². The molecule has 8 heteroatoms. The SMILES string of the molecule is Nc1ccccc1NC(=O)c1ccc(-c2ccnc(Nc3ccc(N4CCOCC4)cc3)n2)cc1. The maximum Gasteiger partial charge on any atom is 0.255 e. The Kier molecular flexibility index (Phi) is 6.54. The maximum atomic E-state index is 12.6. The summed E-state index contributed by atoms with van der Waals surface area (Å²) in [6.07, 6.45) is 1.71. The third-order valence-electron chi connectivity index (χ3n) is 5.81. The van der Waals surface area contributed by atoms with Crippen LogP contribution in [-0.2, 0) is 4.74 Å².